The van der Waals surface area contributed by atoms with E-state index in [0.717, 1.165) is 9.47 Å². The Morgan fingerprint density at radius 1 is 1.27 bits per heavy atom. The van der Waals surface area contributed by atoms with Gasteiger partial charge in [-0.25, -0.2) is 0 Å². The molecule has 1 amide bonds. The largest absolute Gasteiger partial charge is 0.508 e. The Morgan fingerprint density at radius 2 is 1.95 bits per heavy atom. The molecule has 0 spiro atoms. The molecular formula is C14H18N4O2S2. The number of phenols is 1. The minimum Gasteiger partial charge on any atom is -0.508 e. The van der Waals surface area contributed by atoms with Crippen LogP contribution in [0.15, 0.2) is 28.6 Å². The van der Waals surface area contributed by atoms with Crippen LogP contribution in [0, 0.1) is 0 Å². The number of hydrogen-bond donors (Lipinski definition) is 3. The maximum atomic E-state index is 11.9. The number of thioether (sulfide) groups is 1. The Kier molecular flexibility index (Phi) is 5.25. The molecule has 1 aromatic heterocycles. The van der Waals surface area contributed by atoms with Crippen LogP contribution in [-0.4, -0.2) is 32.5 Å². The van der Waals surface area contributed by atoms with Crippen molar-refractivity contribution in [3.63, 3.8) is 0 Å². The standard InChI is InChI=1S/C14H18N4O2S2/c1-14(2,3)16-12-17-18-13(22-12)21-8-11(20)15-9-4-6-10(19)7-5-9/h4-7,19H,8H2,1-3H3,(H,15,20)(H,16,17). The number of amides is 1. The molecule has 22 heavy (non-hydrogen) atoms. The molecule has 0 aliphatic carbocycles. The summed E-state index contributed by atoms with van der Waals surface area (Å²) < 4.78 is 0.743. The van der Waals surface area contributed by atoms with Gasteiger partial charge in [-0.05, 0) is 45.0 Å². The third-order valence-corrected chi connectivity index (χ3v) is 4.34. The average molecular weight is 338 g/mol. The fourth-order valence-corrected chi connectivity index (χ4v) is 3.27. The highest BCUT2D eigenvalue weighted by molar-refractivity contribution is 8.01. The first-order valence-electron chi connectivity index (χ1n) is 6.65. The summed E-state index contributed by atoms with van der Waals surface area (Å²) >= 11 is 2.77. The van der Waals surface area contributed by atoms with Crippen molar-refractivity contribution in [1.82, 2.24) is 10.2 Å². The molecule has 118 valence electrons. The molecule has 0 fully saturated rings. The number of aromatic nitrogens is 2. The van der Waals surface area contributed by atoms with Crippen LogP contribution in [0.5, 0.6) is 5.75 Å². The van der Waals surface area contributed by atoms with Gasteiger partial charge in [0.15, 0.2) is 4.34 Å². The first-order valence-corrected chi connectivity index (χ1v) is 8.45. The molecule has 0 aliphatic rings. The predicted molar refractivity (Wildman–Crippen MR) is 90.7 cm³/mol. The SMILES string of the molecule is CC(C)(C)Nc1nnc(SCC(=O)Nc2ccc(O)cc2)s1. The topological polar surface area (TPSA) is 87.1 Å². The van der Waals surface area contributed by atoms with E-state index >= 15 is 0 Å². The van der Waals surface area contributed by atoms with E-state index in [4.69, 9.17) is 0 Å². The number of hydrogen-bond acceptors (Lipinski definition) is 7. The van der Waals surface area contributed by atoms with Gasteiger partial charge >= 0.3 is 0 Å². The zero-order valence-electron chi connectivity index (χ0n) is 12.6. The van der Waals surface area contributed by atoms with Crippen molar-refractivity contribution in [2.75, 3.05) is 16.4 Å². The first-order chi connectivity index (χ1) is 10.3. The van der Waals surface area contributed by atoms with Gasteiger partial charge in [-0.3, -0.25) is 4.79 Å². The summed E-state index contributed by atoms with van der Waals surface area (Å²) in [5.41, 5.74) is 0.577. The average Bonchev–Trinajstić information content (AvgIpc) is 2.84. The van der Waals surface area contributed by atoms with E-state index in [1.807, 2.05) is 20.8 Å². The van der Waals surface area contributed by atoms with Crippen LogP contribution in [0.3, 0.4) is 0 Å². The van der Waals surface area contributed by atoms with E-state index in [0.29, 0.717) is 5.69 Å². The number of rotatable bonds is 5. The number of phenolic OH excluding ortho intramolecular Hbond substituents is 1. The van der Waals surface area contributed by atoms with Gasteiger partial charge in [-0.1, -0.05) is 23.1 Å². The molecule has 0 bridgehead atoms. The number of anilines is 2. The number of benzene rings is 1. The van der Waals surface area contributed by atoms with Gasteiger partial charge < -0.3 is 15.7 Å². The second-order valence-corrected chi connectivity index (χ2v) is 7.83. The first kappa shape index (κ1) is 16.6. The maximum Gasteiger partial charge on any atom is 0.234 e. The molecule has 0 radical (unpaired) electrons. The van der Waals surface area contributed by atoms with Crippen LogP contribution in [0.1, 0.15) is 20.8 Å². The normalized spacial score (nSPS) is 11.2. The third-order valence-electron chi connectivity index (χ3n) is 2.37. The quantitative estimate of drug-likeness (QED) is 0.573. The molecule has 1 aromatic carbocycles. The summed E-state index contributed by atoms with van der Waals surface area (Å²) in [5, 5.41) is 24.0. The number of nitrogens with one attached hydrogen (secondary N) is 2. The molecular weight excluding hydrogens is 320 g/mol. The molecule has 6 nitrogen and oxygen atoms in total. The zero-order chi connectivity index (χ0) is 16.2. The van der Waals surface area contributed by atoms with E-state index in [-0.39, 0.29) is 22.9 Å². The summed E-state index contributed by atoms with van der Waals surface area (Å²) in [6, 6.07) is 6.35. The Hall–Kier alpha value is -1.80. The molecule has 0 unspecified atom stereocenters. The van der Waals surface area contributed by atoms with Crippen molar-refractivity contribution in [2.24, 2.45) is 0 Å². The van der Waals surface area contributed by atoms with Crippen molar-refractivity contribution >= 4 is 39.8 Å². The van der Waals surface area contributed by atoms with Gasteiger partial charge in [0.25, 0.3) is 0 Å². The second-order valence-electron chi connectivity index (χ2n) is 5.63. The van der Waals surface area contributed by atoms with Gasteiger partial charge in [0, 0.05) is 11.2 Å². The molecule has 0 saturated carbocycles. The van der Waals surface area contributed by atoms with Crippen LogP contribution in [0.25, 0.3) is 0 Å². The Labute approximate surface area is 137 Å². The van der Waals surface area contributed by atoms with Gasteiger partial charge in [0.1, 0.15) is 5.75 Å². The fourth-order valence-electron chi connectivity index (χ4n) is 1.51. The highest BCUT2D eigenvalue weighted by Gasteiger charge is 2.14. The number of carbonyl (C=O) groups excluding carboxylic acids is 1. The summed E-state index contributed by atoms with van der Waals surface area (Å²) in [5.74, 6) is 0.293. The third kappa shape index (κ3) is 5.53. The van der Waals surface area contributed by atoms with Crippen LogP contribution in [0.4, 0.5) is 10.8 Å². The lowest BCUT2D eigenvalue weighted by Crippen LogP contribution is -2.25. The molecule has 2 aromatic rings. The number of aromatic hydroxyl groups is 1. The van der Waals surface area contributed by atoms with E-state index in [9.17, 15) is 9.90 Å². The highest BCUT2D eigenvalue weighted by Crippen LogP contribution is 2.27. The summed E-state index contributed by atoms with van der Waals surface area (Å²) in [6.07, 6.45) is 0. The van der Waals surface area contributed by atoms with Gasteiger partial charge in [0.2, 0.25) is 11.0 Å². The van der Waals surface area contributed by atoms with Crippen molar-refractivity contribution in [3.8, 4) is 5.75 Å². The van der Waals surface area contributed by atoms with Crippen LogP contribution < -0.4 is 10.6 Å². The molecule has 0 aliphatic heterocycles. The lowest BCUT2D eigenvalue weighted by atomic mass is 10.1. The summed E-state index contributed by atoms with van der Waals surface area (Å²) in [4.78, 5) is 11.9. The van der Waals surface area contributed by atoms with Gasteiger partial charge in [-0.2, -0.15) is 0 Å². The van der Waals surface area contributed by atoms with Crippen molar-refractivity contribution < 1.29 is 9.90 Å². The maximum absolute atomic E-state index is 11.9. The van der Waals surface area contributed by atoms with Crippen LogP contribution in [-0.2, 0) is 4.79 Å². The van der Waals surface area contributed by atoms with Crippen molar-refractivity contribution in [2.45, 2.75) is 30.6 Å². The van der Waals surface area contributed by atoms with E-state index in [1.54, 1.807) is 12.1 Å². The number of carbonyl (C=O) groups is 1. The lowest BCUT2D eigenvalue weighted by molar-refractivity contribution is -0.113. The monoisotopic (exact) mass is 338 g/mol. The summed E-state index contributed by atoms with van der Waals surface area (Å²) in [7, 11) is 0. The Bertz CT molecular complexity index is 635. The highest BCUT2D eigenvalue weighted by atomic mass is 32.2. The predicted octanol–water partition coefficient (Wildman–Crippen LogP) is 3.18. The van der Waals surface area contributed by atoms with Crippen LogP contribution in [0.2, 0.25) is 0 Å². The molecule has 3 N–H and O–H groups in total. The Morgan fingerprint density at radius 3 is 2.59 bits per heavy atom. The van der Waals surface area contributed by atoms with E-state index < -0.39 is 0 Å². The smallest absolute Gasteiger partial charge is 0.234 e. The van der Waals surface area contributed by atoms with Crippen molar-refractivity contribution in [1.29, 1.82) is 0 Å². The minimum absolute atomic E-state index is 0.0717. The summed E-state index contributed by atoms with van der Waals surface area (Å²) in [6.45, 7) is 6.14. The number of nitrogens with zero attached hydrogens (tertiary/aromatic N) is 2. The molecule has 0 saturated heterocycles. The zero-order valence-corrected chi connectivity index (χ0v) is 14.2. The minimum atomic E-state index is -0.128. The fraction of sp³-hybridized carbons (Fsp3) is 0.357. The Balaban J connectivity index is 1.82. The molecule has 2 rings (SSSR count). The second kappa shape index (κ2) is 6.97. The van der Waals surface area contributed by atoms with E-state index in [1.165, 1.54) is 35.2 Å². The lowest BCUT2D eigenvalue weighted by Gasteiger charge is -2.18. The molecule has 0 atom stereocenters. The van der Waals surface area contributed by atoms with E-state index in [2.05, 4.69) is 20.8 Å². The molecule has 1 heterocycles. The van der Waals surface area contributed by atoms with Crippen molar-refractivity contribution in [3.05, 3.63) is 24.3 Å². The van der Waals surface area contributed by atoms with Gasteiger partial charge in [-0.15, -0.1) is 10.2 Å². The molecule has 8 heteroatoms. The van der Waals surface area contributed by atoms with Crippen LogP contribution >= 0.6 is 23.1 Å². The van der Waals surface area contributed by atoms with Gasteiger partial charge in [0.05, 0.1) is 5.75 Å².